The molecule has 5 N–H and O–H groups in total. The fraction of sp³-hybridized carbons (Fsp3) is 0.413. The number of benzene rings is 4. The second kappa shape index (κ2) is 17.4. The summed E-state index contributed by atoms with van der Waals surface area (Å²) in [5, 5.41) is 28.2. The molecular formula is C46H50Cl2N4O9. The zero-order valence-electron chi connectivity index (χ0n) is 34.4. The second-order valence-electron chi connectivity index (χ2n) is 16.3. The monoisotopic (exact) mass is 872 g/mol. The number of imide groups is 1. The molecule has 2 fully saturated rings. The topological polar surface area (TPSA) is 168 Å². The summed E-state index contributed by atoms with van der Waals surface area (Å²) in [5.74, 6) is 0.734. The molecule has 0 radical (unpaired) electrons. The first-order valence-corrected chi connectivity index (χ1v) is 21.5. The second-order valence-corrected chi connectivity index (χ2v) is 17.1. The molecule has 2 aliphatic heterocycles. The van der Waals surface area contributed by atoms with Gasteiger partial charge in [0.1, 0.15) is 46.3 Å². The van der Waals surface area contributed by atoms with Crippen LogP contribution in [0.3, 0.4) is 0 Å². The predicted octanol–water partition coefficient (Wildman–Crippen LogP) is 7.30. The summed E-state index contributed by atoms with van der Waals surface area (Å²) in [5.41, 5.74) is 6.08. The number of aliphatic hydroxyl groups excluding tert-OH is 1. The molecule has 8 rings (SSSR count). The van der Waals surface area contributed by atoms with E-state index in [1.54, 1.807) is 12.1 Å². The molecule has 322 valence electrons. The van der Waals surface area contributed by atoms with Gasteiger partial charge in [-0.3, -0.25) is 25.1 Å². The smallest absolute Gasteiger partial charge is 0.326 e. The SMILES string of the molecule is CCOc1cc(O[C@H]2CCc3c(-c4cccc5c4CC[C@@H]5Oc4cc(OCC)c(CN5CCC6(C5)NC(=O)NC6=O)cc4Cl)cccc32)c(Cl)cc1CN[C@@](C)(CO)C(=O)O. The molecular weight excluding hydrogens is 823 g/mol. The van der Waals surface area contributed by atoms with Gasteiger partial charge in [-0.2, -0.15) is 0 Å². The van der Waals surface area contributed by atoms with E-state index in [4.69, 9.17) is 42.1 Å². The average molecular weight is 874 g/mol. The highest BCUT2D eigenvalue weighted by Gasteiger charge is 2.50. The molecule has 1 unspecified atom stereocenters. The lowest BCUT2D eigenvalue weighted by Gasteiger charge is -2.25. The third-order valence-corrected chi connectivity index (χ3v) is 12.9. The molecule has 2 aliphatic carbocycles. The minimum atomic E-state index is -1.53. The number of carboxylic acids is 1. The molecule has 1 spiro atoms. The number of nitrogens with one attached hydrogen (secondary N) is 3. The first kappa shape index (κ1) is 42.6. The van der Waals surface area contributed by atoms with Gasteiger partial charge in [0.2, 0.25) is 0 Å². The largest absolute Gasteiger partial charge is 0.493 e. The van der Waals surface area contributed by atoms with Gasteiger partial charge in [0.25, 0.3) is 5.91 Å². The highest BCUT2D eigenvalue weighted by molar-refractivity contribution is 6.32. The van der Waals surface area contributed by atoms with E-state index in [0.717, 1.165) is 53.5 Å². The Bertz CT molecular complexity index is 2380. The molecule has 2 heterocycles. The van der Waals surface area contributed by atoms with Crippen LogP contribution < -0.4 is 34.9 Å². The lowest BCUT2D eigenvalue weighted by molar-refractivity contribution is -0.146. The van der Waals surface area contributed by atoms with Gasteiger partial charge in [0, 0.05) is 49.4 Å². The number of hydrogen-bond donors (Lipinski definition) is 5. The molecule has 4 aliphatic rings. The fourth-order valence-corrected chi connectivity index (χ4v) is 9.49. The van der Waals surface area contributed by atoms with Crippen molar-refractivity contribution < 1.29 is 43.5 Å². The lowest BCUT2D eigenvalue weighted by atomic mass is 9.91. The van der Waals surface area contributed by atoms with Crippen LogP contribution in [0.15, 0.2) is 60.7 Å². The number of amides is 3. The van der Waals surface area contributed by atoms with Crippen LogP contribution in [0, 0.1) is 0 Å². The Kier molecular flexibility index (Phi) is 12.1. The number of nitrogens with zero attached hydrogens (tertiary/aromatic N) is 1. The zero-order valence-corrected chi connectivity index (χ0v) is 35.9. The van der Waals surface area contributed by atoms with E-state index in [0.29, 0.717) is 77.9 Å². The minimum absolute atomic E-state index is 0.113. The van der Waals surface area contributed by atoms with Gasteiger partial charge in [-0.15, -0.1) is 0 Å². The summed E-state index contributed by atoms with van der Waals surface area (Å²) in [4.78, 5) is 38.3. The molecule has 3 amide bonds. The normalized spacial score (nSPS) is 21.5. The van der Waals surface area contributed by atoms with Crippen molar-refractivity contribution >= 4 is 41.1 Å². The van der Waals surface area contributed by atoms with Crippen molar-refractivity contribution in [3.8, 4) is 34.1 Å². The van der Waals surface area contributed by atoms with Crippen molar-refractivity contribution in [2.24, 2.45) is 0 Å². The van der Waals surface area contributed by atoms with Crippen LogP contribution in [0.25, 0.3) is 11.1 Å². The number of carbonyl (C=O) groups is 3. The standard InChI is InChI=1S/C46H50Cl2N4O9/c1-4-58-38-20-40(34(47)18-26(38)22-49-45(3,25-53)43(55)56)60-36-14-12-30-28(8-6-10-32(30)36)29-9-7-11-33-31(29)13-15-37(33)61-41-21-39(59-5-2)27(19-35(41)48)23-52-17-16-46(24-52)42(54)50-44(57)51-46/h6-11,18-21,36-37,49,53H,4-5,12-17,22-25H2,1-3H3,(H,55,56)(H2,50,51,54,57)/t36-,37-,45-,46?/m0/s1. The van der Waals surface area contributed by atoms with Crippen LogP contribution >= 0.6 is 23.2 Å². The predicted molar refractivity (Wildman–Crippen MR) is 230 cm³/mol. The summed E-state index contributed by atoms with van der Waals surface area (Å²) in [6.45, 7) is 7.10. The van der Waals surface area contributed by atoms with E-state index in [-0.39, 0.29) is 24.7 Å². The molecule has 0 aromatic heterocycles. The fourth-order valence-electron chi connectivity index (χ4n) is 9.03. The van der Waals surface area contributed by atoms with E-state index < -0.39 is 29.7 Å². The summed E-state index contributed by atoms with van der Waals surface area (Å²) < 4.78 is 25.3. The minimum Gasteiger partial charge on any atom is -0.493 e. The van der Waals surface area contributed by atoms with Crippen molar-refractivity contribution in [2.45, 2.75) is 89.3 Å². The number of likely N-dealkylation sites (tertiary alicyclic amines) is 1. The van der Waals surface area contributed by atoms with Crippen molar-refractivity contribution in [2.75, 3.05) is 32.9 Å². The zero-order chi connectivity index (χ0) is 43.1. The van der Waals surface area contributed by atoms with E-state index in [2.05, 4.69) is 57.2 Å². The van der Waals surface area contributed by atoms with Crippen LogP contribution in [0.1, 0.15) is 85.6 Å². The first-order valence-electron chi connectivity index (χ1n) is 20.8. The van der Waals surface area contributed by atoms with Crippen molar-refractivity contribution in [1.29, 1.82) is 0 Å². The van der Waals surface area contributed by atoms with Crippen molar-refractivity contribution in [1.82, 2.24) is 20.9 Å². The number of fused-ring (bicyclic) bond motifs is 2. The Hall–Kier alpha value is -5.05. The lowest BCUT2D eigenvalue weighted by Crippen LogP contribution is -2.52. The highest BCUT2D eigenvalue weighted by Crippen LogP contribution is 2.47. The number of halogens is 2. The van der Waals surface area contributed by atoms with Crippen LogP contribution in [0.5, 0.6) is 23.0 Å². The Morgan fingerprint density at radius 1 is 0.869 bits per heavy atom. The summed E-state index contributed by atoms with van der Waals surface area (Å²) in [6.07, 6.45) is 3.24. The number of aliphatic carboxylic acids is 1. The van der Waals surface area contributed by atoms with Gasteiger partial charge in [-0.1, -0.05) is 59.6 Å². The summed E-state index contributed by atoms with van der Waals surface area (Å²) >= 11 is 13.7. The number of ether oxygens (including phenoxy) is 4. The van der Waals surface area contributed by atoms with Gasteiger partial charge in [-0.05, 0) is 98.4 Å². The maximum Gasteiger partial charge on any atom is 0.326 e. The van der Waals surface area contributed by atoms with Crippen molar-refractivity contribution in [3.63, 3.8) is 0 Å². The van der Waals surface area contributed by atoms with Gasteiger partial charge < -0.3 is 34.5 Å². The van der Waals surface area contributed by atoms with E-state index >= 15 is 0 Å². The summed E-state index contributed by atoms with van der Waals surface area (Å²) in [7, 11) is 0. The average Bonchev–Trinajstić information content (AvgIpc) is 4.02. The Balaban J connectivity index is 0.993. The van der Waals surface area contributed by atoms with Gasteiger partial charge in [-0.25, -0.2) is 4.79 Å². The Labute approximate surface area is 364 Å². The molecule has 4 aromatic carbocycles. The van der Waals surface area contributed by atoms with Crippen LogP contribution in [0.2, 0.25) is 10.0 Å². The van der Waals surface area contributed by atoms with Crippen LogP contribution in [0.4, 0.5) is 4.79 Å². The van der Waals surface area contributed by atoms with Crippen LogP contribution in [-0.4, -0.2) is 77.0 Å². The van der Waals surface area contributed by atoms with Gasteiger partial charge >= 0.3 is 12.0 Å². The van der Waals surface area contributed by atoms with Gasteiger partial charge in [0.15, 0.2) is 0 Å². The molecule has 61 heavy (non-hydrogen) atoms. The number of aliphatic hydroxyl groups is 1. The molecule has 13 nitrogen and oxygen atoms in total. The molecule has 4 atom stereocenters. The van der Waals surface area contributed by atoms with Gasteiger partial charge in [0.05, 0.1) is 29.9 Å². The number of hydrogen-bond acceptors (Lipinski definition) is 10. The molecule has 2 saturated heterocycles. The third kappa shape index (κ3) is 8.34. The number of urea groups is 1. The number of carbonyl (C=O) groups excluding carboxylic acids is 2. The Morgan fingerprint density at radius 2 is 1.43 bits per heavy atom. The van der Waals surface area contributed by atoms with E-state index in [1.165, 1.54) is 18.1 Å². The molecule has 0 bridgehead atoms. The Morgan fingerprint density at radius 3 is 1.93 bits per heavy atom. The van der Waals surface area contributed by atoms with Crippen LogP contribution in [-0.2, 0) is 35.5 Å². The molecule has 4 aromatic rings. The quantitative estimate of drug-likeness (QED) is 0.0717. The number of rotatable bonds is 16. The highest BCUT2D eigenvalue weighted by atomic mass is 35.5. The first-order chi connectivity index (χ1) is 29.3. The summed E-state index contributed by atoms with van der Waals surface area (Å²) in [6, 6.07) is 19.5. The third-order valence-electron chi connectivity index (χ3n) is 12.3. The maximum atomic E-state index is 12.5. The molecule has 15 heteroatoms. The maximum absolute atomic E-state index is 12.5. The molecule has 0 saturated carbocycles. The van der Waals surface area contributed by atoms with E-state index in [9.17, 15) is 24.6 Å². The number of carboxylic acid groups (broad SMARTS) is 1. The van der Waals surface area contributed by atoms with E-state index in [1.807, 2.05) is 26.0 Å². The van der Waals surface area contributed by atoms with Crippen molar-refractivity contribution in [3.05, 3.63) is 104 Å².